The highest BCUT2D eigenvalue weighted by Gasteiger charge is 2.35. The van der Waals surface area contributed by atoms with E-state index in [0.717, 1.165) is 11.4 Å². The lowest BCUT2D eigenvalue weighted by molar-refractivity contribution is -0.126. The van der Waals surface area contributed by atoms with Crippen LogP contribution in [-0.4, -0.2) is 30.5 Å². The first-order chi connectivity index (χ1) is 12.1. The molecule has 2 atom stereocenters. The third-order valence-corrected chi connectivity index (χ3v) is 4.35. The summed E-state index contributed by atoms with van der Waals surface area (Å²) in [6, 6.07) is 12.7. The van der Waals surface area contributed by atoms with Crippen molar-refractivity contribution in [1.82, 2.24) is 10.3 Å². The van der Waals surface area contributed by atoms with Crippen LogP contribution in [0.25, 0.3) is 0 Å². The lowest BCUT2D eigenvalue weighted by Crippen LogP contribution is -2.34. The van der Waals surface area contributed by atoms with Gasteiger partial charge in [-0.2, -0.15) is 0 Å². The number of pyridine rings is 1. The van der Waals surface area contributed by atoms with Crippen LogP contribution in [0.15, 0.2) is 48.7 Å². The van der Waals surface area contributed by atoms with E-state index in [9.17, 15) is 9.59 Å². The predicted molar refractivity (Wildman–Crippen MR) is 94.2 cm³/mol. The largest absolute Gasteiger partial charge is 0.497 e. The van der Waals surface area contributed by atoms with Crippen molar-refractivity contribution in [3.05, 3.63) is 54.4 Å². The zero-order valence-corrected chi connectivity index (χ0v) is 14.3. The van der Waals surface area contributed by atoms with E-state index >= 15 is 0 Å². The summed E-state index contributed by atoms with van der Waals surface area (Å²) in [5.74, 6) is 0.127. The van der Waals surface area contributed by atoms with Gasteiger partial charge < -0.3 is 15.0 Å². The second kappa shape index (κ2) is 7.34. The Morgan fingerprint density at radius 3 is 2.88 bits per heavy atom. The minimum absolute atomic E-state index is 0.0566. The van der Waals surface area contributed by atoms with Gasteiger partial charge in [0.15, 0.2) is 0 Å². The van der Waals surface area contributed by atoms with Crippen LogP contribution in [0.3, 0.4) is 0 Å². The number of ether oxygens (including phenoxy) is 1. The fraction of sp³-hybridized carbons (Fsp3) is 0.316. The van der Waals surface area contributed by atoms with E-state index in [1.165, 1.54) is 0 Å². The highest BCUT2D eigenvalue weighted by molar-refractivity contribution is 6.00. The van der Waals surface area contributed by atoms with E-state index in [1.54, 1.807) is 24.3 Å². The van der Waals surface area contributed by atoms with Gasteiger partial charge in [-0.1, -0.05) is 12.1 Å². The fourth-order valence-electron chi connectivity index (χ4n) is 2.95. The summed E-state index contributed by atoms with van der Waals surface area (Å²) in [5.41, 5.74) is 1.54. The molecule has 1 aromatic heterocycles. The molecule has 1 N–H and O–H groups in total. The molecule has 2 heterocycles. The molecule has 130 valence electrons. The molecule has 1 aliphatic rings. The fourth-order valence-corrected chi connectivity index (χ4v) is 2.95. The quantitative estimate of drug-likeness (QED) is 0.907. The number of amides is 2. The summed E-state index contributed by atoms with van der Waals surface area (Å²) in [6.45, 7) is 2.25. The smallest absolute Gasteiger partial charge is 0.227 e. The summed E-state index contributed by atoms with van der Waals surface area (Å²) >= 11 is 0. The van der Waals surface area contributed by atoms with Gasteiger partial charge in [0.25, 0.3) is 0 Å². The Kier molecular flexibility index (Phi) is 4.97. The Bertz CT molecular complexity index is 764. The molecule has 1 fully saturated rings. The van der Waals surface area contributed by atoms with E-state index in [1.807, 2.05) is 43.3 Å². The highest BCUT2D eigenvalue weighted by Crippen LogP contribution is 2.28. The van der Waals surface area contributed by atoms with Crippen LogP contribution >= 0.6 is 0 Å². The van der Waals surface area contributed by atoms with E-state index < -0.39 is 0 Å². The number of nitrogens with zero attached hydrogens (tertiary/aromatic N) is 2. The van der Waals surface area contributed by atoms with Gasteiger partial charge in [0.05, 0.1) is 24.8 Å². The van der Waals surface area contributed by atoms with Crippen molar-refractivity contribution >= 4 is 17.5 Å². The van der Waals surface area contributed by atoms with Crippen molar-refractivity contribution in [2.24, 2.45) is 5.92 Å². The number of carbonyl (C=O) groups excluding carboxylic acids is 2. The Labute approximate surface area is 146 Å². The first kappa shape index (κ1) is 17.0. The molecule has 25 heavy (non-hydrogen) atoms. The second-order valence-corrected chi connectivity index (χ2v) is 6.09. The van der Waals surface area contributed by atoms with Crippen molar-refractivity contribution in [2.45, 2.75) is 19.4 Å². The molecule has 2 unspecified atom stereocenters. The van der Waals surface area contributed by atoms with Crippen LogP contribution in [0.4, 0.5) is 5.69 Å². The van der Waals surface area contributed by atoms with Crippen LogP contribution < -0.4 is 15.0 Å². The normalized spacial score (nSPS) is 18.1. The van der Waals surface area contributed by atoms with Gasteiger partial charge in [0, 0.05) is 30.9 Å². The Morgan fingerprint density at radius 2 is 2.16 bits per heavy atom. The van der Waals surface area contributed by atoms with E-state index in [-0.39, 0.29) is 30.2 Å². The number of carbonyl (C=O) groups is 2. The molecule has 0 bridgehead atoms. The number of aromatic nitrogens is 1. The van der Waals surface area contributed by atoms with E-state index in [0.29, 0.717) is 12.3 Å². The van der Waals surface area contributed by atoms with Gasteiger partial charge in [-0.3, -0.25) is 14.6 Å². The average Bonchev–Trinajstić information content (AvgIpc) is 3.04. The van der Waals surface area contributed by atoms with Crippen LogP contribution in [0.1, 0.15) is 25.1 Å². The minimum atomic E-state index is -0.370. The standard InChI is InChI=1S/C19H21N3O3/c1-13(17-8-3-4-9-20-17)21-19(24)14-10-18(23)22(12-14)15-6-5-7-16(11-15)25-2/h3-9,11,13-14H,10,12H2,1-2H3,(H,21,24). The summed E-state index contributed by atoms with van der Waals surface area (Å²) in [4.78, 5) is 30.8. The zero-order valence-electron chi connectivity index (χ0n) is 14.3. The lowest BCUT2D eigenvalue weighted by Gasteiger charge is -2.19. The Balaban J connectivity index is 1.66. The van der Waals surface area contributed by atoms with Gasteiger partial charge in [0.2, 0.25) is 11.8 Å². The first-order valence-electron chi connectivity index (χ1n) is 8.24. The molecule has 2 aromatic rings. The molecule has 1 aliphatic heterocycles. The van der Waals surface area contributed by atoms with Crippen molar-refractivity contribution < 1.29 is 14.3 Å². The maximum Gasteiger partial charge on any atom is 0.227 e. The molecular weight excluding hydrogens is 318 g/mol. The van der Waals surface area contributed by atoms with Crippen molar-refractivity contribution in [2.75, 3.05) is 18.6 Å². The summed E-state index contributed by atoms with van der Waals surface area (Å²) < 4.78 is 5.20. The van der Waals surface area contributed by atoms with Crippen LogP contribution in [0.5, 0.6) is 5.75 Å². The summed E-state index contributed by atoms with van der Waals surface area (Å²) in [6.07, 6.45) is 1.90. The van der Waals surface area contributed by atoms with Crippen LogP contribution in [-0.2, 0) is 9.59 Å². The minimum Gasteiger partial charge on any atom is -0.497 e. The van der Waals surface area contributed by atoms with Crippen molar-refractivity contribution in [3.63, 3.8) is 0 Å². The molecule has 0 radical (unpaired) electrons. The number of hydrogen-bond donors (Lipinski definition) is 1. The number of benzene rings is 1. The molecular formula is C19H21N3O3. The van der Waals surface area contributed by atoms with E-state index in [2.05, 4.69) is 10.3 Å². The number of hydrogen-bond acceptors (Lipinski definition) is 4. The third kappa shape index (κ3) is 3.79. The monoisotopic (exact) mass is 339 g/mol. The van der Waals surface area contributed by atoms with Crippen LogP contribution in [0.2, 0.25) is 0 Å². The van der Waals surface area contributed by atoms with Gasteiger partial charge in [-0.25, -0.2) is 0 Å². The Hall–Kier alpha value is -2.89. The number of methoxy groups -OCH3 is 1. The molecule has 6 nitrogen and oxygen atoms in total. The Morgan fingerprint density at radius 1 is 1.32 bits per heavy atom. The highest BCUT2D eigenvalue weighted by atomic mass is 16.5. The maximum atomic E-state index is 12.5. The van der Waals surface area contributed by atoms with Gasteiger partial charge in [-0.15, -0.1) is 0 Å². The lowest BCUT2D eigenvalue weighted by atomic mass is 10.1. The topological polar surface area (TPSA) is 71.5 Å². The summed E-state index contributed by atoms with van der Waals surface area (Å²) in [7, 11) is 1.58. The molecule has 6 heteroatoms. The first-order valence-corrected chi connectivity index (χ1v) is 8.24. The predicted octanol–water partition coefficient (Wildman–Crippen LogP) is 2.32. The van der Waals surface area contributed by atoms with Gasteiger partial charge >= 0.3 is 0 Å². The molecule has 3 rings (SSSR count). The third-order valence-electron chi connectivity index (χ3n) is 4.35. The zero-order chi connectivity index (χ0) is 17.8. The van der Waals surface area contributed by atoms with Gasteiger partial charge in [-0.05, 0) is 31.2 Å². The SMILES string of the molecule is COc1cccc(N2CC(C(=O)NC(C)c3ccccn3)CC2=O)c1. The van der Waals surface area contributed by atoms with Gasteiger partial charge in [0.1, 0.15) is 5.75 Å². The molecule has 0 saturated carbocycles. The van der Waals surface area contributed by atoms with E-state index in [4.69, 9.17) is 4.74 Å². The average molecular weight is 339 g/mol. The maximum absolute atomic E-state index is 12.5. The molecule has 2 amide bonds. The number of anilines is 1. The number of nitrogens with one attached hydrogen (secondary N) is 1. The molecule has 0 aliphatic carbocycles. The molecule has 1 aromatic carbocycles. The van der Waals surface area contributed by atoms with Crippen LogP contribution in [0, 0.1) is 5.92 Å². The molecule has 1 saturated heterocycles. The van der Waals surface area contributed by atoms with Crippen molar-refractivity contribution in [1.29, 1.82) is 0 Å². The second-order valence-electron chi connectivity index (χ2n) is 6.09. The summed E-state index contributed by atoms with van der Waals surface area (Å²) in [5, 5.41) is 2.95. The van der Waals surface area contributed by atoms with Crippen molar-refractivity contribution in [3.8, 4) is 5.75 Å². The molecule has 0 spiro atoms. The number of rotatable bonds is 5.